The van der Waals surface area contributed by atoms with Crippen LogP contribution in [0.5, 0.6) is 0 Å². The quantitative estimate of drug-likeness (QED) is 0.776. The lowest BCUT2D eigenvalue weighted by atomic mass is 10.1. The first kappa shape index (κ1) is 13.2. The molecule has 0 radical (unpaired) electrons. The molecule has 2 N–H and O–H groups in total. The van der Waals surface area contributed by atoms with Crippen LogP contribution in [0.4, 0.5) is 0 Å². The van der Waals surface area contributed by atoms with Crippen molar-refractivity contribution in [3.05, 3.63) is 17.8 Å². The predicted molar refractivity (Wildman–Crippen MR) is 59.6 cm³/mol. The maximum absolute atomic E-state index is 11.5. The van der Waals surface area contributed by atoms with Crippen LogP contribution in [0.2, 0.25) is 0 Å². The molecule has 17 heavy (non-hydrogen) atoms. The number of aliphatic carboxylic acids is 1. The van der Waals surface area contributed by atoms with Crippen molar-refractivity contribution in [3.8, 4) is 0 Å². The van der Waals surface area contributed by atoms with Crippen molar-refractivity contribution in [1.29, 1.82) is 0 Å². The van der Waals surface area contributed by atoms with Gasteiger partial charge in [-0.3, -0.25) is 9.59 Å². The maximum atomic E-state index is 11.5. The first-order valence-corrected chi connectivity index (χ1v) is 5.50. The fraction of sp³-hybridized carbons (Fsp3) is 0.545. The third-order valence-corrected chi connectivity index (χ3v) is 2.36. The summed E-state index contributed by atoms with van der Waals surface area (Å²) in [5, 5.41) is 11.2. The average molecular weight is 240 g/mol. The van der Waals surface area contributed by atoms with Crippen LogP contribution < -0.4 is 5.32 Å². The summed E-state index contributed by atoms with van der Waals surface area (Å²) >= 11 is 0. The number of carboxylic acid groups (broad SMARTS) is 1. The van der Waals surface area contributed by atoms with E-state index in [1.807, 2.05) is 6.92 Å². The van der Waals surface area contributed by atoms with Crippen LogP contribution in [0.1, 0.15) is 36.7 Å². The standard InChI is InChI=1S/C11H16N2O4/c1-3-9-13-6-8(17-9)10(14)12-5-4-7(2)11(15)16/h6-7H,3-5H2,1-2H3,(H,12,14)(H,15,16)/t7-/m0/s1. The number of aromatic nitrogens is 1. The Kier molecular flexibility index (Phi) is 4.68. The van der Waals surface area contributed by atoms with Crippen molar-refractivity contribution in [2.45, 2.75) is 26.7 Å². The number of rotatable bonds is 6. The second kappa shape index (κ2) is 6.03. The van der Waals surface area contributed by atoms with Crippen LogP contribution in [-0.4, -0.2) is 28.5 Å². The van der Waals surface area contributed by atoms with Crippen molar-refractivity contribution in [1.82, 2.24) is 10.3 Å². The zero-order valence-electron chi connectivity index (χ0n) is 9.90. The Balaban J connectivity index is 2.37. The van der Waals surface area contributed by atoms with Gasteiger partial charge in [-0.15, -0.1) is 0 Å². The monoisotopic (exact) mass is 240 g/mol. The van der Waals surface area contributed by atoms with E-state index in [4.69, 9.17) is 9.52 Å². The molecular formula is C11H16N2O4. The molecular weight excluding hydrogens is 224 g/mol. The van der Waals surface area contributed by atoms with E-state index in [0.717, 1.165) is 0 Å². The molecule has 1 rings (SSSR count). The minimum atomic E-state index is -0.868. The van der Waals surface area contributed by atoms with Crippen LogP contribution in [-0.2, 0) is 11.2 Å². The molecule has 0 aromatic carbocycles. The van der Waals surface area contributed by atoms with E-state index in [2.05, 4.69) is 10.3 Å². The third-order valence-electron chi connectivity index (χ3n) is 2.36. The highest BCUT2D eigenvalue weighted by atomic mass is 16.4. The summed E-state index contributed by atoms with van der Waals surface area (Å²) in [4.78, 5) is 26.0. The third kappa shape index (κ3) is 3.90. The summed E-state index contributed by atoms with van der Waals surface area (Å²) in [6.45, 7) is 3.77. The summed E-state index contributed by atoms with van der Waals surface area (Å²) in [5.41, 5.74) is 0. The molecule has 0 spiro atoms. The maximum Gasteiger partial charge on any atom is 0.306 e. The van der Waals surface area contributed by atoms with Gasteiger partial charge in [-0.2, -0.15) is 0 Å². The summed E-state index contributed by atoms with van der Waals surface area (Å²) in [6, 6.07) is 0. The Hall–Kier alpha value is -1.85. The van der Waals surface area contributed by atoms with Crippen LogP contribution >= 0.6 is 0 Å². The van der Waals surface area contributed by atoms with Crippen molar-refractivity contribution >= 4 is 11.9 Å². The van der Waals surface area contributed by atoms with Gasteiger partial charge in [-0.1, -0.05) is 13.8 Å². The lowest BCUT2D eigenvalue weighted by molar-refractivity contribution is -0.141. The molecule has 0 aliphatic rings. The Morgan fingerprint density at radius 3 is 2.82 bits per heavy atom. The van der Waals surface area contributed by atoms with Gasteiger partial charge in [-0.25, -0.2) is 4.98 Å². The molecule has 0 fully saturated rings. The molecule has 1 atom stereocenters. The van der Waals surface area contributed by atoms with Gasteiger partial charge in [0.1, 0.15) is 0 Å². The van der Waals surface area contributed by atoms with Gasteiger partial charge in [0.25, 0.3) is 5.91 Å². The topological polar surface area (TPSA) is 92.4 Å². The van der Waals surface area contributed by atoms with Crippen LogP contribution in [0.3, 0.4) is 0 Å². The fourth-order valence-corrected chi connectivity index (χ4v) is 1.19. The van der Waals surface area contributed by atoms with E-state index in [9.17, 15) is 9.59 Å². The van der Waals surface area contributed by atoms with Crippen LogP contribution in [0, 0.1) is 5.92 Å². The average Bonchev–Trinajstić information content (AvgIpc) is 2.77. The lowest BCUT2D eigenvalue weighted by Crippen LogP contribution is -2.26. The lowest BCUT2D eigenvalue weighted by Gasteiger charge is -2.06. The Labute approximate surface area is 99.0 Å². The first-order chi connectivity index (χ1) is 8.04. The van der Waals surface area contributed by atoms with Gasteiger partial charge in [0.05, 0.1) is 12.1 Å². The molecule has 1 amide bonds. The van der Waals surface area contributed by atoms with Crippen molar-refractivity contribution in [3.63, 3.8) is 0 Å². The molecule has 0 bridgehead atoms. The molecule has 1 aromatic heterocycles. The highest BCUT2D eigenvalue weighted by molar-refractivity contribution is 5.91. The number of amides is 1. The van der Waals surface area contributed by atoms with Crippen molar-refractivity contribution in [2.75, 3.05) is 6.54 Å². The molecule has 0 aliphatic heterocycles. The van der Waals surface area contributed by atoms with E-state index in [0.29, 0.717) is 25.3 Å². The predicted octanol–water partition coefficient (Wildman–Crippen LogP) is 1.08. The number of aryl methyl sites for hydroxylation is 1. The minimum absolute atomic E-state index is 0.157. The Bertz CT molecular complexity index is 400. The smallest absolute Gasteiger partial charge is 0.306 e. The zero-order valence-corrected chi connectivity index (χ0v) is 9.90. The van der Waals surface area contributed by atoms with E-state index >= 15 is 0 Å². The Morgan fingerprint density at radius 2 is 2.29 bits per heavy atom. The van der Waals surface area contributed by atoms with Gasteiger partial charge in [0.2, 0.25) is 5.76 Å². The normalized spacial score (nSPS) is 12.1. The molecule has 0 saturated heterocycles. The summed E-state index contributed by atoms with van der Waals surface area (Å²) < 4.78 is 5.16. The minimum Gasteiger partial charge on any atom is -0.481 e. The highest BCUT2D eigenvalue weighted by Gasteiger charge is 2.14. The van der Waals surface area contributed by atoms with E-state index in [1.54, 1.807) is 6.92 Å². The number of carbonyl (C=O) groups is 2. The molecule has 94 valence electrons. The molecule has 6 heteroatoms. The number of hydrogen-bond donors (Lipinski definition) is 2. The summed E-state index contributed by atoms with van der Waals surface area (Å²) in [5.74, 6) is -1.04. The largest absolute Gasteiger partial charge is 0.481 e. The van der Waals surface area contributed by atoms with Crippen LogP contribution in [0.25, 0.3) is 0 Å². The number of carboxylic acids is 1. The number of oxazole rings is 1. The van der Waals surface area contributed by atoms with Gasteiger partial charge >= 0.3 is 5.97 Å². The van der Waals surface area contributed by atoms with Crippen molar-refractivity contribution < 1.29 is 19.1 Å². The van der Waals surface area contributed by atoms with E-state index in [-0.39, 0.29) is 11.7 Å². The molecule has 0 saturated carbocycles. The molecule has 1 aromatic rings. The number of carbonyl (C=O) groups excluding carboxylic acids is 1. The van der Waals surface area contributed by atoms with Gasteiger partial charge in [0.15, 0.2) is 5.89 Å². The molecule has 6 nitrogen and oxygen atoms in total. The second-order valence-electron chi connectivity index (χ2n) is 3.76. The van der Waals surface area contributed by atoms with Crippen LogP contribution in [0.15, 0.2) is 10.6 Å². The number of nitrogens with one attached hydrogen (secondary N) is 1. The zero-order chi connectivity index (χ0) is 12.8. The first-order valence-electron chi connectivity index (χ1n) is 5.50. The number of hydrogen-bond acceptors (Lipinski definition) is 4. The van der Waals surface area contributed by atoms with E-state index in [1.165, 1.54) is 6.20 Å². The Morgan fingerprint density at radius 1 is 1.59 bits per heavy atom. The molecule has 0 unspecified atom stereocenters. The number of nitrogens with zero attached hydrogens (tertiary/aromatic N) is 1. The van der Waals surface area contributed by atoms with Gasteiger partial charge < -0.3 is 14.8 Å². The van der Waals surface area contributed by atoms with Gasteiger partial charge in [-0.05, 0) is 6.42 Å². The second-order valence-corrected chi connectivity index (χ2v) is 3.76. The SMILES string of the molecule is CCc1ncc(C(=O)NCC[C@H](C)C(=O)O)o1. The van der Waals surface area contributed by atoms with Gasteiger partial charge in [0, 0.05) is 13.0 Å². The summed E-state index contributed by atoms with van der Waals surface area (Å²) in [6.07, 6.45) is 2.38. The fourth-order valence-electron chi connectivity index (χ4n) is 1.19. The van der Waals surface area contributed by atoms with E-state index < -0.39 is 11.9 Å². The molecule has 1 heterocycles. The van der Waals surface area contributed by atoms with Crippen molar-refractivity contribution in [2.24, 2.45) is 5.92 Å². The summed E-state index contributed by atoms with van der Waals surface area (Å²) in [7, 11) is 0. The highest BCUT2D eigenvalue weighted by Crippen LogP contribution is 2.04. The molecule has 0 aliphatic carbocycles.